The maximum atomic E-state index is 10.2. The fourth-order valence-corrected chi connectivity index (χ4v) is 5.24. The average molecular weight is 768 g/mol. The third-order valence-corrected chi connectivity index (χ3v) is 8.84. The number of hydrogen-bond acceptors (Lipinski definition) is 10. The Morgan fingerprint density at radius 1 is 0.400 bits per heavy atom. The van der Waals surface area contributed by atoms with Gasteiger partial charge in [0.15, 0.2) is 0 Å². The van der Waals surface area contributed by atoms with Crippen molar-refractivity contribution in [2.75, 3.05) is 52.9 Å². The van der Waals surface area contributed by atoms with Crippen molar-refractivity contribution in [1.29, 1.82) is 0 Å². The van der Waals surface area contributed by atoms with Crippen molar-refractivity contribution in [3.05, 3.63) is 0 Å². The van der Waals surface area contributed by atoms with Crippen LogP contribution in [0.5, 0.6) is 0 Å². The zero-order chi connectivity index (χ0) is 34.5. The van der Waals surface area contributed by atoms with Crippen LogP contribution in [0.1, 0.15) is 146 Å². The normalized spacial score (nSPS) is 11.2. The number of unbranched alkanes of at least 4 members (excludes halogenated alkanes) is 6. The van der Waals surface area contributed by atoms with Gasteiger partial charge in [-0.25, -0.2) is 0 Å². The smallest absolute Gasteiger partial charge is 0.396 e. The minimum atomic E-state index is -3.36. The van der Waals surface area contributed by atoms with E-state index in [1.807, 2.05) is 27.7 Å². The summed E-state index contributed by atoms with van der Waals surface area (Å²) in [5.74, 6) is 0.880. The van der Waals surface area contributed by atoms with Crippen molar-refractivity contribution >= 4 is 18.1 Å². The molecule has 0 aliphatic heterocycles. The summed E-state index contributed by atoms with van der Waals surface area (Å²) in [5.41, 5.74) is 0. The monoisotopic (exact) mass is 766 g/mol. The summed E-state index contributed by atoms with van der Waals surface area (Å²) in [6.45, 7) is 24.1. The van der Waals surface area contributed by atoms with E-state index in [9.17, 15) is 9.59 Å². The van der Waals surface area contributed by atoms with Crippen molar-refractivity contribution in [1.82, 2.24) is 0 Å². The van der Waals surface area contributed by atoms with E-state index in [0.29, 0.717) is 64.7 Å². The van der Waals surface area contributed by atoms with Gasteiger partial charge >= 0.3 is 18.1 Å². The first-order valence-electron chi connectivity index (χ1n) is 17.4. The van der Waals surface area contributed by atoms with E-state index in [1.165, 1.54) is 0 Å². The van der Waals surface area contributed by atoms with Gasteiger partial charge in [-0.05, 0) is 50.4 Å². The fourth-order valence-electron chi connectivity index (χ4n) is 2.32. The van der Waals surface area contributed by atoms with E-state index in [0.717, 1.165) is 77.0 Å². The Hall–Kier alpha value is 0.917. The first-order valence-corrected chi connectivity index (χ1v) is 20.7. The fraction of sp³-hybridized carbons (Fsp3) is 1.00. The largest absolute Gasteiger partial charge is 0.676 e. The molecule has 0 aromatic carbocycles. The van der Waals surface area contributed by atoms with Gasteiger partial charge in [-0.3, -0.25) is 0 Å². The number of rotatable bonds is 26. The van der Waals surface area contributed by atoms with Gasteiger partial charge in [-0.1, -0.05) is 108 Å². The predicted octanol–water partition coefficient (Wildman–Crippen LogP) is 7.00. The Morgan fingerprint density at radius 3 is 0.622 bits per heavy atom. The second-order valence-electron chi connectivity index (χ2n) is 11.4. The maximum Gasteiger partial charge on any atom is 0.676 e. The molecule has 0 atom stereocenters. The number of hydrogen-bond donors (Lipinski definition) is 4. The van der Waals surface area contributed by atoms with Crippen molar-refractivity contribution in [3.63, 3.8) is 0 Å². The second-order valence-corrected chi connectivity index (χ2v) is 15.2. The van der Waals surface area contributed by atoms with Gasteiger partial charge in [0.2, 0.25) is 0 Å². The molecule has 0 bridgehead atoms. The maximum absolute atomic E-state index is 10.2. The van der Waals surface area contributed by atoms with Crippen molar-refractivity contribution in [2.24, 2.45) is 11.8 Å². The molecule has 0 saturated carbocycles. The summed E-state index contributed by atoms with van der Waals surface area (Å²) in [6, 6.07) is 0. The molecule has 0 aliphatic rings. The number of aliphatic hydroxyl groups excluding tert-OH is 2. The molecule has 0 aromatic heterocycles. The van der Waals surface area contributed by atoms with Crippen LogP contribution >= 0.6 is 0 Å². The third-order valence-electron chi connectivity index (χ3n) is 5.42. The quantitative estimate of drug-likeness (QED) is 0.0539. The van der Waals surface area contributed by atoms with Crippen LogP contribution in [-0.2, 0) is 52.8 Å². The molecule has 0 unspecified atom stereocenters. The summed E-state index contributed by atoms with van der Waals surface area (Å²) in [6.07, 6.45) is 11.7. The van der Waals surface area contributed by atoms with E-state index >= 15 is 0 Å². The van der Waals surface area contributed by atoms with Gasteiger partial charge in [0.1, 0.15) is 0 Å². The molecule has 0 aromatic rings. The van der Waals surface area contributed by atoms with Crippen molar-refractivity contribution < 1.29 is 72.6 Å². The molecular formula is C32H76O10Si2Zr. The van der Waals surface area contributed by atoms with E-state index < -0.39 is 18.1 Å². The van der Waals surface area contributed by atoms with Crippen LogP contribution in [0.3, 0.4) is 0 Å². The van der Waals surface area contributed by atoms with Crippen LogP contribution in [0.4, 0.5) is 0 Å². The van der Waals surface area contributed by atoms with Gasteiger partial charge in [0, 0.05) is 79.1 Å². The van der Waals surface area contributed by atoms with Gasteiger partial charge in [0.05, 0.1) is 0 Å². The van der Waals surface area contributed by atoms with Crippen LogP contribution in [0, 0.1) is 11.8 Å². The molecule has 13 heteroatoms. The van der Waals surface area contributed by atoms with Crippen LogP contribution in [0.25, 0.3) is 0 Å². The Labute approximate surface area is 300 Å². The van der Waals surface area contributed by atoms with Crippen molar-refractivity contribution in [3.8, 4) is 0 Å². The molecule has 45 heavy (non-hydrogen) atoms. The minimum absolute atomic E-state index is 0. The van der Waals surface area contributed by atoms with Crippen LogP contribution in [-0.4, -0.2) is 90.8 Å². The molecule has 0 fully saturated rings. The minimum Gasteiger partial charge on any atom is -0.396 e. The van der Waals surface area contributed by atoms with E-state index in [4.69, 9.17) is 36.8 Å². The summed E-state index contributed by atoms with van der Waals surface area (Å²) < 4.78 is 32.5. The molecule has 0 rings (SSSR count). The zero-order valence-corrected chi connectivity index (χ0v) is 35.5. The Bertz CT molecular complexity index is 427. The Balaban J connectivity index is -0.000000179. The Kier molecular flexibility index (Phi) is 52.8. The van der Waals surface area contributed by atoms with Crippen LogP contribution in [0.2, 0.25) is 0 Å². The summed E-state index contributed by atoms with van der Waals surface area (Å²) in [4.78, 5) is 20.3. The first kappa shape index (κ1) is 55.3. The standard InChI is InChI=1S/2C12H28O4Si.2C4H10O.Zr/c2*1-4-7-10-14-17(13,15-11-8-5-2)16-12-9-6-3;2*1-4(2)3-5;/h2*13H,4-12H2,1-3H3;2*4-5H,3H2,1-2H3;. The van der Waals surface area contributed by atoms with Crippen molar-refractivity contribution in [2.45, 2.75) is 146 Å². The van der Waals surface area contributed by atoms with E-state index in [-0.39, 0.29) is 26.2 Å². The summed E-state index contributed by atoms with van der Waals surface area (Å²) in [7, 11) is -6.72. The molecule has 0 aliphatic carbocycles. The van der Waals surface area contributed by atoms with Crippen LogP contribution < -0.4 is 0 Å². The van der Waals surface area contributed by atoms with Gasteiger partial charge < -0.3 is 46.4 Å². The van der Waals surface area contributed by atoms with Crippen LogP contribution in [0.15, 0.2) is 0 Å². The van der Waals surface area contributed by atoms with Gasteiger partial charge in [-0.2, -0.15) is 0 Å². The summed E-state index contributed by atoms with van der Waals surface area (Å²) >= 11 is 0. The molecule has 0 radical (unpaired) electrons. The molecule has 0 heterocycles. The zero-order valence-electron chi connectivity index (χ0n) is 31.0. The van der Waals surface area contributed by atoms with E-state index in [2.05, 4.69) is 41.5 Å². The molecule has 4 N–H and O–H groups in total. The molecular weight excluding hydrogens is 692 g/mol. The predicted molar refractivity (Wildman–Crippen MR) is 185 cm³/mol. The molecule has 0 spiro atoms. The molecule has 10 nitrogen and oxygen atoms in total. The molecule has 0 amide bonds. The Morgan fingerprint density at radius 2 is 0.533 bits per heavy atom. The SMILES string of the molecule is CC(C)CO.CC(C)CO.CCCCO[Si](O)(OCCCC)OCCCC.CCCCO[Si](O)(OCCCC)OCCCC.[Zr]. The molecule has 0 saturated heterocycles. The van der Waals surface area contributed by atoms with E-state index in [1.54, 1.807) is 0 Å². The average Bonchev–Trinajstić information content (AvgIpc) is 2.99. The second kappa shape index (κ2) is 42.9. The van der Waals surface area contributed by atoms with Gasteiger partial charge in [-0.15, -0.1) is 0 Å². The summed E-state index contributed by atoms with van der Waals surface area (Å²) in [5, 5.41) is 16.3. The number of aliphatic hydroxyl groups is 2. The molecule has 276 valence electrons. The topological polar surface area (TPSA) is 136 Å². The third kappa shape index (κ3) is 49.4. The first-order chi connectivity index (χ1) is 20.9. The van der Waals surface area contributed by atoms with Gasteiger partial charge in [0.25, 0.3) is 0 Å².